The van der Waals surface area contributed by atoms with Crippen molar-refractivity contribution in [2.75, 3.05) is 0 Å². The molecule has 0 saturated carbocycles. The molecule has 0 N–H and O–H groups in total. The molecular weight excluding hydrogens is 250 g/mol. The molecule has 0 atom stereocenters. The molecule has 0 unspecified atom stereocenters. The van der Waals surface area contributed by atoms with Crippen LogP contribution in [0.3, 0.4) is 0 Å². The van der Waals surface area contributed by atoms with E-state index < -0.39 is 0 Å². The normalized spacial score (nSPS) is 10.7. The van der Waals surface area contributed by atoms with Gasteiger partial charge in [0.15, 0.2) is 0 Å². The van der Waals surface area contributed by atoms with Gasteiger partial charge < -0.3 is 0 Å². The third-order valence-corrected chi connectivity index (χ3v) is 3.41. The molecule has 5 heteroatoms. The predicted octanol–water partition coefficient (Wildman–Crippen LogP) is 2.61. The second-order valence-corrected chi connectivity index (χ2v) is 4.75. The van der Waals surface area contributed by atoms with E-state index in [1.54, 1.807) is 12.1 Å². The number of aryl methyl sites for hydroxylation is 3. The van der Waals surface area contributed by atoms with Gasteiger partial charge in [-0.1, -0.05) is 0 Å². The summed E-state index contributed by atoms with van der Waals surface area (Å²) < 4.78 is 1.87. The molecule has 0 spiro atoms. The Morgan fingerprint density at radius 3 is 2.25 bits per heavy atom. The van der Waals surface area contributed by atoms with Crippen LogP contribution in [0, 0.1) is 32.1 Å². The number of rotatable bonds is 1. The van der Waals surface area contributed by atoms with Crippen LogP contribution in [0.25, 0.3) is 16.6 Å². The average Bonchev–Trinajstić information content (AvgIpc) is 2.82. The number of fused-ring (bicyclic) bond motifs is 1. The monoisotopic (exact) mass is 263 g/mol. The lowest BCUT2D eigenvalue weighted by atomic mass is 10.2. The number of hydrogen-bond acceptors (Lipinski definition) is 4. The van der Waals surface area contributed by atoms with Crippen molar-refractivity contribution in [2.24, 2.45) is 0 Å². The maximum absolute atomic E-state index is 8.85. The molecule has 0 aliphatic rings. The molecule has 3 rings (SSSR count). The first-order chi connectivity index (χ1) is 9.61. The molecule has 20 heavy (non-hydrogen) atoms. The van der Waals surface area contributed by atoms with Gasteiger partial charge in [0.2, 0.25) is 0 Å². The third-order valence-electron chi connectivity index (χ3n) is 3.41. The summed E-state index contributed by atoms with van der Waals surface area (Å²) in [5, 5.41) is 22.8. The lowest BCUT2D eigenvalue weighted by Gasteiger charge is -2.03. The van der Waals surface area contributed by atoms with Gasteiger partial charge in [0.1, 0.15) is 5.52 Å². The summed E-state index contributed by atoms with van der Waals surface area (Å²) in [5.41, 5.74) is 5.17. The summed E-state index contributed by atoms with van der Waals surface area (Å²) in [6.07, 6.45) is 0. The zero-order valence-corrected chi connectivity index (χ0v) is 11.5. The molecule has 0 saturated heterocycles. The Labute approximate surface area is 116 Å². The highest BCUT2D eigenvalue weighted by Crippen LogP contribution is 2.24. The summed E-state index contributed by atoms with van der Waals surface area (Å²) >= 11 is 0. The largest absolute Gasteiger partial charge is 0.237 e. The summed E-state index contributed by atoms with van der Waals surface area (Å²) in [6.45, 7) is 5.86. The predicted molar refractivity (Wildman–Crippen MR) is 75.6 cm³/mol. The molecule has 0 amide bonds. The van der Waals surface area contributed by atoms with Gasteiger partial charge in [-0.25, -0.2) is 4.68 Å². The Hall–Kier alpha value is -2.74. The third kappa shape index (κ3) is 1.74. The van der Waals surface area contributed by atoms with Crippen LogP contribution in [0.5, 0.6) is 0 Å². The number of benzene rings is 1. The Kier molecular flexibility index (Phi) is 2.72. The first kappa shape index (κ1) is 12.3. The van der Waals surface area contributed by atoms with Gasteiger partial charge in [0, 0.05) is 5.39 Å². The molecule has 1 aromatic carbocycles. The molecule has 5 nitrogen and oxygen atoms in total. The van der Waals surface area contributed by atoms with Gasteiger partial charge in [-0.05, 0) is 45.0 Å². The zero-order chi connectivity index (χ0) is 14.3. The van der Waals surface area contributed by atoms with E-state index in [0.29, 0.717) is 5.56 Å². The maximum Gasteiger partial charge on any atom is 0.118 e. The van der Waals surface area contributed by atoms with Crippen molar-refractivity contribution in [3.8, 4) is 11.8 Å². The highest BCUT2D eigenvalue weighted by atomic mass is 15.3. The molecule has 0 aliphatic carbocycles. The fourth-order valence-electron chi connectivity index (χ4n) is 2.36. The zero-order valence-electron chi connectivity index (χ0n) is 11.5. The summed E-state index contributed by atoms with van der Waals surface area (Å²) in [6, 6.07) is 9.48. The Morgan fingerprint density at radius 1 is 1.00 bits per heavy atom. The van der Waals surface area contributed by atoms with Crippen LogP contribution in [-0.2, 0) is 0 Å². The number of nitrogens with zero attached hydrogens (tertiary/aromatic N) is 5. The standard InChI is InChI=1S/C15H13N5/c1-9-14-11(3)20(19-15(14)10(2)18-17-9)13-6-4-12(8-16)5-7-13/h4-7H,1-3H3. The van der Waals surface area contributed by atoms with Crippen LogP contribution >= 0.6 is 0 Å². The molecule has 0 bridgehead atoms. The van der Waals surface area contributed by atoms with E-state index in [1.807, 2.05) is 37.6 Å². The van der Waals surface area contributed by atoms with Gasteiger partial charge >= 0.3 is 0 Å². The van der Waals surface area contributed by atoms with Crippen LogP contribution in [0.1, 0.15) is 22.6 Å². The van der Waals surface area contributed by atoms with E-state index >= 15 is 0 Å². The molecule has 2 aromatic heterocycles. The van der Waals surface area contributed by atoms with Gasteiger partial charge in [0.05, 0.1) is 34.4 Å². The van der Waals surface area contributed by atoms with Crippen LogP contribution in [0.2, 0.25) is 0 Å². The van der Waals surface area contributed by atoms with E-state index in [-0.39, 0.29) is 0 Å². The quantitative estimate of drug-likeness (QED) is 0.676. The first-order valence-electron chi connectivity index (χ1n) is 6.31. The van der Waals surface area contributed by atoms with Gasteiger partial charge in [-0.2, -0.15) is 20.6 Å². The SMILES string of the molecule is Cc1nnc(C)c2c(C)n(-c3ccc(C#N)cc3)nc12. The molecule has 0 aliphatic heterocycles. The highest BCUT2D eigenvalue weighted by Gasteiger charge is 2.14. The van der Waals surface area contributed by atoms with Crippen molar-refractivity contribution in [2.45, 2.75) is 20.8 Å². The van der Waals surface area contributed by atoms with E-state index in [0.717, 1.165) is 33.7 Å². The van der Waals surface area contributed by atoms with E-state index in [9.17, 15) is 0 Å². The fourth-order valence-corrected chi connectivity index (χ4v) is 2.36. The number of hydrogen-bond donors (Lipinski definition) is 0. The van der Waals surface area contributed by atoms with Crippen molar-refractivity contribution in [1.82, 2.24) is 20.0 Å². The van der Waals surface area contributed by atoms with Crippen molar-refractivity contribution < 1.29 is 0 Å². The van der Waals surface area contributed by atoms with Crippen LogP contribution in [0.15, 0.2) is 24.3 Å². The van der Waals surface area contributed by atoms with Crippen molar-refractivity contribution in [3.63, 3.8) is 0 Å². The van der Waals surface area contributed by atoms with Gasteiger partial charge in [-0.15, -0.1) is 0 Å². The highest BCUT2D eigenvalue weighted by molar-refractivity contribution is 5.85. The van der Waals surface area contributed by atoms with Gasteiger partial charge in [-0.3, -0.25) is 0 Å². The Balaban J connectivity index is 2.27. The lowest BCUT2D eigenvalue weighted by Crippen LogP contribution is -1.98. The molecule has 98 valence electrons. The summed E-state index contributed by atoms with van der Waals surface area (Å²) in [7, 11) is 0. The fraction of sp³-hybridized carbons (Fsp3) is 0.200. The van der Waals surface area contributed by atoms with E-state index in [2.05, 4.69) is 21.4 Å². The van der Waals surface area contributed by atoms with E-state index in [4.69, 9.17) is 5.26 Å². The topological polar surface area (TPSA) is 67.4 Å². The van der Waals surface area contributed by atoms with Crippen LogP contribution < -0.4 is 0 Å². The molecule has 0 radical (unpaired) electrons. The molecule has 0 fully saturated rings. The number of nitriles is 1. The van der Waals surface area contributed by atoms with Gasteiger partial charge in [0.25, 0.3) is 0 Å². The van der Waals surface area contributed by atoms with Crippen LogP contribution in [0.4, 0.5) is 0 Å². The minimum Gasteiger partial charge on any atom is -0.237 e. The van der Waals surface area contributed by atoms with Crippen molar-refractivity contribution >= 4 is 10.9 Å². The smallest absolute Gasteiger partial charge is 0.118 e. The minimum absolute atomic E-state index is 0.638. The molecule has 3 aromatic rings. The van der Waals surface area contributed by atoms with E-state index in [1.165, 1.54) is 0 Å². The second-order valence-electron chi connectivity index (χ2n) is 4.75. The van der Waals surface area contributed by atoms with Crippen LogP contribution in [-0.4, -0.2) is 20.0 Å². The Bertz CT molecular complexity index is 837. The molecule has 2 heterocycles. The lowest BCUT2D eigenvalue weighted by molar-refractivity contribution is 0.858. The number of aromatic nitrogens is 4. The minimum atomic E-state index is 0.638. The maximum atomic E-state index is 8.85. The summed E-state index contributed by atoms with van der Waals surface area (Å²) in [4.78, 5) is 0. The summed E-state index contributed by atoms with van der Waals surface area (Å²) in [5.74, 6) is 0. The molecular formula is C15H13N5. The first-order valence-corrected chi connectivity index (χ1v) is 6.31. The Morgan fingerprint density at radius 2 is 1.65 bits per heavy atom. The second kappa shape index (κ2) is 4.42. The van der Waals surface area contributed by atoms with Crippen molar-refractivity contribution in [3.05, 3.63) is 46.9 Å². The van der Waals surface area contributed by atoms with Crippen molar-refractivity contribution in [1.29, 1.82) is 5.26 Å². The average molecular weight is 263 g/mol.